The first-order valence-electron chi connectivity index (χ1n) is 5.19. The van der Waals surface area contributed by atoms with Crippen LogP contribution in [0.5, 0.6) is 0 Å². The van der Waals surface area contributed by atoms with Gasteiger partial charge in [0.05, 0.1) is 10.8 Å². The van der Waals surface area contributed by atoms with Gasteiger partial charge in [-0.15, -0.1) is 0 Å². The molecule has 2 N–H and O–H groups in total. The van der Waals surface area contributed by atoms with Crippen molar-refractivity contribution in [1.29, 1.82) is 0 Å². The zero-order chi connectivity index (χ0) is 13.2. The summed E-state index contributed by atoms with van der Waals surface area (Å²) in [4.78, 5) is 35.4. The lowest BCUT2D eigenvalue weighted by atomic mass is 9.91. The third-order valence-electron chi connectivity index (χ3n) is 2.22. The third kappa shape index (κ3) is 3.59. The van der Waals surface area contributed by atoms with Crippen molar-refractivity contribution < 1.29 is 14.4 Å². The van der Waals surface area contributed by atoms with E-state index in [0.717, 1.165) is 0 Å². The second-order valence-electron chi connectivity index (χ2n) is 4.83. The molecule has 1 aliphatic rings. The van der Waals surface area contributed by atoms with Crippen molar-refractivity contribution in [1.82, 2.24) is 4.90 Å². The maximum atomic E-state index is 11.8. The molecule has 1 fully saturated rings. The molecule has 17 heavy (non-hydrogen) atoms. The summed E-state index contributed by atoms with van der Waals surface area (Å²) in [6, 6.07) is 0. The lowest BCUT2D eigenvalue weighted by Gasteiger charge is -2.17. The highest BCUT2D eigenvalue weighted by atomic mass is 32.2. The number of ketones is 1. The van der Waals surface area contributed by atoms with Gasteiger partial charge in [0.15, 0.2) is 5.78 Å². The molecule has 0 radical (unpaired) electrons. The van der Waals surface area contributed by atoms with Crippen molar-refractivity contribution in [3.63, 3.8) is 0 Å². The highest BCUT2D eigenvalue weighted by Gasteiger charge is 2.30. The van der Waals surface area contributed by atoms with E-state index >= 15 is 0 Å². The molecule has 1 rings (SSSR count). The van der Waals surface area contributed by atoms with E-state index in [9.17, 15) is 14.4 Å². The van der Waals surface area contributed by atoms with Crippen LogP contribution in [0.2, 0.25) is 0 Å². The van der Waals surface area contributed by atoms with E-state index in [1.807, 2.05) is 0 Å². The standard InChI is InChI=1S/C11H16N2O3S/c1-11(2,3)7(14)4-10-13(5-8(12)15)9(16)6-17-10/h4H,5-6H2,1-3H3,(H2,12,15). The van der Waals surface area contributed by atoms with E-state index in [-0.39, 0.29) is 24.0 Å². The molecule has 1 aliphatic heterocycles. The fraction of sp³-hybridized carbons (Fsp3) is 0.545. The predicted octanol–water partition coefficient (Wildman–Crippen LogP) is 0.504. The second kappa shape index (κ2) is 4.91. The summed E-state index contributed by atoms with van der Waals surface area (Å²) in [7, 11) is 0. The molecule has 94 valence electrons. The molecular formula is C11H16N2O3S. The normalized spacial score (nSPS) is 18.9. The van der Waals surface area contributed by atoms with Crippen molar-refractivity contribution in [2.24, 2.45) is 11.1 Å². The minimum atomic E-state index is -0.588. The first-order chi connectivity index (χ1) is 7.71. The number of thioether (sulfide) groups is 1. The number of allylic oxidation sites excluding steroid dienone is 1. The topological polar surface area (TPSA) is 80.5 Å². The van der Waals surface area contributed by atoms with E-state index in [0.29, 0.717) is 5.03 Å². The monoisotopic (exact) mass is 256 g/mol. The van der Waals surface area contributed by atoms with E-state index in [4.69, 9.17) is 5.73 Å². The summed E-state index contributed by atoms with van der Waals surface area (Å²) < 4.78 is 0. The van der Waals surface area contributed by atoms with Crippen LogP contribution in [0.3, 0.4) is 0 Å². The number of nitrogens with two attached hydrogens (primary N) is 1. The Morgan fingerprint density at radius 1 is 1.47 bits per heavy atom. The van der Waals surface area contributed by atoms with Crippen LogP contribution in [-0.2, 0) is 14.4 Å². The van der Waals surface area contributed by atoms with Crippen LogP contribution in [0.1, 0.15) is 20.8 Å². The Morgan fingerprint density at radius 3 is 2.53 bits per heavy atom. The quantitative estimate of drug-likeness (QED) is 0.746. The van der Waals surface area contributed by atoms with Gasteiger partial charge in [-0.05, 0) is 0 Å². The van der Waals surface area contributed by atoms with Crippen molar-refractivity contribution in [2.75, 3.05) is 12.3 Å². The molecule has 0 atom stereocenters. The summed E-state index contributed by atoms with van der Waals surface area (Å²) in [5.41, 5.74) is 4.56. The molecule has 0 bridgehead atoms. The van der Waals surface area contributed by atoms with Gasteiger partial charge in [-0.2, -0.15) is 0 Å². The maximum Gasteiger partial charge on any atom is 0.238 e. The molecule has 0 aromatic rings. The Morgan fingerprint density at radius 2 is 2.06 bits per heavy atom. The van der Waals surface area contributed by atoms with Gasteiger partial charge in [-0.25, -0.2) is 0 Å². The van der Waals surface area contributed by atoms with Gasteiger partial charge in [0.2, 0.25) is 11.8 Å². The summed E-state index contributed by atoms with van der Waals surface area (Å²) in [5, 5.41) is 0.508. The molecule has 0 unspecified atom stereocenters. The Bertz CT molecular complexity index is 396. The molecule has 0 aromatic heterocycles. The average molecular weight is 256 g/mol. The molecule has 5 nitrogen and oxygen atoms in total. The van der Waals surface area contributed by atoms with Gasteiger partial charge < -0.3 is 5.73 Å². The number of amides is 2. The lowest BCUT2D eigenvalue weighted by Crippen LogP contribution is -2.34. The Balaban J connectivity index is 2.89. The number of hydrogen-bond donors (Lipinski definition) is 1. The van der Waals surface area contributed by atoms with Crippen LogP contribution >= 0.6 is 11.8 Å². The average Bonchev–Trinajstić information content (AvgIpc) is 2.47. The summed E-state index contributed by atoms with van der Waals surface area (Å²) in [6.45, 7) is 5.22. The second-order valence-corrected chi connectivity index (χ2v) is 5.83. The van der Waals surface area contributed by atoms with Gasteiger partial charge in [0.1, 0.15) is 6.54 Å². The van der Waals surface area contributed by atoms with Crippen LogP contribution in [0, 0.1) is 5.41 Å². The van der Waals surface area contributed by atoms with E-state index in [1.165, 1.54) is 22.7 Å². The zero-order valence-electron chi connectivity index (χ0n) is 10.1. The largest absolute Gasteiger partial charge is 0.368 e. The fourth-order valence-corrected chi connectivity index (χ4v) is 2.12. The Kier molecular flexibility index (Phi) is 3.98. The van der Waals surface area contributed by atoms with Gasteiger partial charge in [0, 0.05) is 11.5 Å². The number of carbonyl (C=O) groups excluding carboxylic acids is 3. The molecule has 6 heteroatoms. The minimum Gasteiger partial charge on any atom is -0.368 e. The van der Waals surface area contributed by atoms with Crippen LogP contribution < -0.4 is 5.73 Å². The molecule has 0 saturated carbocycles. The van der Waals surface area contributed by atoms with Crippen molar-refractivity contribution in [2.45, 2.75) is 20.8 Å². The molecule has 0 aliphatic carbocycles. The van der Waals surface area contributed by atoms with Crippen molar-refractivity contribution in [3.05, 3.63) is 11.1 Å². The van der Waals surface area contributed by atoms with Gasteiger partial charge in [0.25, 0.3) is 0 Å². The Labute approximate surface area is 104 Å². The van der Waals surface area contributed by atoms with Crippen molar-refractivity contribution in [3.8, 4) is 0 Å². The van der Waals surface area contributed by atoms with Crippen LogP contribution in [0.4, 0.5) is 0 Å². The van der Waals surface area contributed by atoms with Crippen LogP contribution in [0.25, 0.3) is 0 Å². The van der Waals surface area contributed by atoms with Gasteiger partial charge in [-0.3, -0.25) is 19.3 Å². The molecule has 2 amide bonds. The predicted molar refractivity (Wildman–Crippen MR) is 65.9 cm³/mol. The molecule has 1 saturated heterocycles. The summed E-state index contributed by atoms with van der Waals surface area (Å²) >= 11 is 1.25. The number of nitrogens with zero attached hydrogens (tertiary/aromatic N) is 1. The molecule has 0 spiro atoms. The fourth-order valence-electron chi connectivity index (χ4n) is 1.18. The highest BCUT2D eigenvalue weighted by Crippen LogP contribution is 2.30. The summed E-state index contributed by atoms with van der Waals surface area (Å²) in [5.74, 6) is -0.614. The van der Waals surface area contributed by atoms with E-state index < -0.39 is 11.3 Å². The number of hydrogen-bond acceptors (Lipinski definition) is 4. The zero-order valence-corrected chi connectivity index (χ0v) is 11.0. The summed E-state index contributed by atoms with van der Waals surface area (Å²) in [6.07, 6.45) is 1.42. The smallest absolute Gasteiger partial charge is 0.238 e. The van der Waals surface area contributed by atoms with Gasteiger partial charge in [-0.1, -0.05) is 32.5 Å². The van der Waals surface area contributed by atoms with Crippen molar-refractivity contribution >= 4 is 29.4 Å². The lowest BCUT2D eigenvalue weighted by molar-refractivity contribution is -0.130. The van der Waals surface area contributed by atoms with E-state index in [2.05, 4.69) is 0 Å². The van der Waals surface area contributed by atoms with Crippen LogP contribution in [0.15, 0.2) is 11.1 Å². The first-order valence-corrected chi connectivity index (χ1v) is 6.18. The minimum absolute atomic E-state index is 0.0795. The molecular weight excluding hydrogens is 240 g/mol. The number of carbonyl (C=O) groups is 3. The first kappa shape index (κ1) is 13.8. The highest BCUT2D eigenvalue weighted by molar-refractivity contribution is 8.04. The maximum absolute atomic E-state index is 11.8. The Hall–Kier alpha value is -1.30. The number of rotatable bonds is 3. The van der Waals surface area contributed by atoms with E-state index in [1.54, 1.807) is 20.8 Å². The third-order valence-corrected chi connectivity index (χ3v) is 3.24. The van der Waals surface area contributed by atoms with Crippen LogP contribution in [-0.4, -0.2) is 34.8 Å². The molecule has 1 heterocycles. The van der Waals surface area contributed by atoms with Gasteiger partial charge >= 0.3 is 0 Å². The molecule has 0 aromatic carbocycles. The number of primary amides is 1. The SMILES string of the molecule is CC(C)(C)C(=O)C=C1SCC(=O)N1CC(N)=O.